The molecule has 0 aliphatic heterocycles. The molecule has 0 saturated carbocycles. The maximum Gasteiger partial charge on any atom is 0.311 e. The number of phenols is 2. The number of unbranched alkanes of at least 4 members (excludes halogenated alkanes) is 16. The van der Waals surface area contributed by atoms with Crippen LogP contribution in [0.2, 0.25) is 0 Å². The number of esters is 2. The van der Waals surface area contributed by atoms with Gasteiger partial charge >= 0.3 is 11.9 Å². The summed E-state index contributed by atoms with van der Waals surface area (Å²) < 4.78 is 18.1. The molecular weight excluding hydrogens is 725 g/mol. The van der Waals surface area contributed by atoms with Crippen molar-refractivity contribution in [1.82, 2.24) is 0 Å². The Morgan fingerprint density at radius 1 is 0.526 bits per heavy atom. The van der Waals surface area contributed by atoms with E-state index in [2.05, 4.69) is 27.7 Å². The molecule has 0 radical (unpaired) electrons. The van der Waals surface area contributed by atoms with Gasteiger partial charge in [0.1, 0.15) is 28.0 Å². The van der Waals surface area contributed by atoms with E-state index >= 15 is 0 Å². The van der Waals surface area contributed by atoms with Crippen LogP contribution in [-0.2, 0) is 9.59 Å². The second-order valence-electron chi connectivity index (χ2n) is 15.2. The first-order valence-electron chi connectivity index (χ1n) is 21.8. The van der Waals surface area contributed by atoms with Gasteiger partial charge in [0.05, 0.1) is 0 Å². The number of ether oxygens (including phenoxy) is 2. The van der Waals surface area contributed by atoms with E-state index < -0.39 is 57.1 Å². The number of fused-ring (bicyclic) bond motifs is 1. The number of rotatable bonds is 29. The summed E-state index contributed by atoms with van der Waals surface area (Å²) >= 11 is 0. The first-order chi connectivity index (χ1) is 27.6. The van der Waals surface area contributed by atoms with Crippen LogP contribution >= 0.6 is 0 Å². The van der Waals surface area contributed by atoms with Crippen molar-refractivity contribution in [3.8, 4) is 34.3 Å². The van der Waals surface area contributed by atoms with Crippen molar-refractivity contribution in [3.63, 3.8) is 0 Å². The standard InChI is InChI=1S/C47H66O10/c1-5-9-13-17-21-25-35(49)39-42(53)40(36(50)26-22-18-14-10-6-2)46-41(45(39)55-37(51)27-23-19-15-11-7-3)43(54)47(56-38(52)28-24-20-16-12-8-4)44(57-46)33-29-31-34(48)32-30-33/h29-32,48,53H,5-28H2,1-4H3. The Morgan fingerprint density at radius 3 is 1.39 bits per heavy atom. The highest BCUT2D eigenvalue weighted by molar-refractivity contribution is 6.17. The van der Waals surface area contributed by atoms with Gasteiger partial charge in [0.15, 0.2) is 28.7 Å². The summed E-state index contributed by atoms with van der Waals surface area (Å²) in [5.74, 6) is -4.52. The lowest BCUT2D eigenvalue weighted by Crippen LogP contribution is -2.20. The molecule has 3 rings (SSSR count). The Labute approximate surface area is 338 Å². The molecule has 0 bridgehead atoms. The van der Waals surface area contributed by atoms with Gasteiger partial charge in [-0.05, 0) is 49.9 Å². The van der Waals surface area contributed by atoms with Crippen LogP contribution in [0.4, 0.5) is 0 Å². The van der Waals surface area contributed by atoms with E-state index in [0.29, 0.717) is 25.7 Å². The quantitative estimate of drug-likeness (QED) is 0.0300. The molecular formula is C47H66O10. The Kier molecular flexibility index (Phi) is 21.2. The fraction of sp³-hybridized carbons (Fsp3) is 0.596. The molecule has 0 saturated heterocycles. The van der Waals surface area contributed by atoms with Gasteiger partial charge in [0.2, 0.25) is 11.2 Å². The van der Waals surface area contributed by atoms with Crippen molar-refractivity contribution in [1.29, 1.82) is 0 Å². The number of Topliss-reactive ketones (excluding diaryl/α,β-unsaturated/α-hetero) is 2. The molecule has 0 unspecified atom stereocenters. The molecule has 314 valence electrons. The van der Waals surface area contributed by atoms with Gasteiger partial charge in [-0.1, -0.05) is 130 Å². The number of aromatic hydroxyl groups is 2. The van der Waals surface area contributed by atoms with E-state index in [1.54, 1.807) is 0 Å². The van der Waals surface area contributed by atoms with Crippen molar-refractivity contribution >= 4 is 34.5 Å². The van der Waals surface area contributed by atoms with E-state index in [0.717, 1.165) is 103 Å². The molecule has 2 aromatic carbocycles. The average Bonchev–Trinajstić information content (AvgIpc) is 3.18. The van der Waals surface area contributed by atoms with Crippen molar-refractivity contribution in [3.05, 3.63) is 45.6 Å². The fourth-order valence-electron chi connectivity index (χ4n) is 6.99. The van der Waals surface area contributed by atoms with Crippen molar-refractivity contribution < 1.29 is 43.3 Å². The lowest BCUT2D eigenvalue weighted by molar-refractivity contribution is -0.135. The topological polar surface area (TPSA) is 157 Å². The number of carbonyl (C=O) groups excluding carboxylic acids is 4. The minimum Gasteiger partial charge on any atom is -0.508 e. The lowest BCUT2D eigenvalue weighted by atomic mass is 9.92. The molecule has 57 heavy (non-hydrogen) atoms. The molecule has 0 spiro atoms. The van der Waals surface area contributed by atoms with Gasteiger partial charge in [-0.3, -0.25) is 24.0 Å². The second-order valence-corrected chi connectivity index (χ2v) is 15.2. The molecule has 0 aliphatic carbocycles. The van der Waals surface area contributed by atoms with Crippen LogP contribution in [0.1, 0.15) is 203 Å². The van der Waals surface area contributed by atoms with Gasteiger partial charge in [-0.25, -0.2) is 0 Å². The molecule has 1 aromatic heterocycles. The van der Waals surface area contributed by atoms with Crippen molar-refractivity contribution in [2.45, 2.75) is 182 Å². The monoisotopic (exact) mass is 790 g/mol. The summed E-state index contributed by atoms with van der Waals surface area (Å²) in [6.45, 7) is 8.36. The van der Waals surface area contributed by atoms with Gasteiger partial charge in [-0.15, -0.1) is 0 Å². The normalized spacial score (nSPS) is 11.2. The highest BCUT2D eigenvalue weighted by Crippen LogP contribution is 2.44. The molecule has 10 heteroatoms. The Bertz CT molecular complexity index is 1800. The van der Waals surface area contributed by atoms with Gasteiger partial charge in [-0.2, -0.15) is 0 Å². The van der Waals surface area contributed by atoms with Crippen LogP contribution in [0.5, 0.6) is 23.0 Å². The Morgan fingerprint density at radius 2 is 0.930 bits per heavy atom. The maximum atomic E-state index is 14.9. The van der Waals surface area contributed by atoms with Crippen LogP contribution in [0.3, 0.4) is 0 Å². The summed E-state index contributed by atoms with van der Waals surface area (Å²) in [4.78, 5) is 70.1. The third kappa shape index (κ3) is 14.5. The van der Waals surface area contributed by atoms with Crippen molar-refractivity contribution in [2.24, 2.45) is 0 Å². The van der Waals surface area contributed by atoms with E-state index in [9.17, 15) is 34.2 Å². The van der Waals surface area contributed by atoms with Gasteiger partial charge < -0.3 is 24.1 Å². The zero-order valence-corrected chi connectivity index (χ0v) is 34.9. The van der Waals surface area contributed by atoms with Gasteiger partial charge in [0.25, 0.3) is 0 Å². The van der Waals surface area contributed by atoms with E-state index in [-0.39, 0.29) is 53.9 Å². The first kappa shape index (κ1) is 46.9. The Hall–Kier alpha value is -4.47. The number of phenolic OH excluding ortho intramolecular Hbond substituents is 2. The molecule has 2 N–H and O–H groups in total. The Balaban J connectivity index is 2.34. The third-order valence-corrected chi connectivity index (χ3v) is 10.3. The summed E-state index contributed by atoms with van der Waals surface area (Å²) in [5, 5.41) is 21.7. The van der Waals surface area contributed by atoms with Gasteiger partial charge in [0, 0.05) is 31.2 Å². The van der Waals surface area contributed by atoms with E-state index in [1.807, 2.05) is 0 Å². The SMILES string of the molecule is CCCCCCCC(=O)Oc1c(-c2ccc(O)cc2)oc2c(C(=O)CCCCCCC)c(O)c(C(=O)CCCCCCC)c(OC(=O)CCCCCCC)c2c1=O. The van der Waals surface area contributed by atoms with Crippen LogP contribution in [0.25, 0.3) is 22.3 Å². The molecule has 0 atom stereocenters. The predicted molar refractivity (Wildman–Crippen MR) is 225 cm³/mol. The highest BCUT2D eigenvalue weighted by Gasteiger charge is 2.34. The predicted octanol–water partition coefficient (Wildman–Crippen LogP) is 12.5. The number of hydrogen-bond acceptors (Lipinski definition) is 10. The minimum atomic E-state index is -0.932. The summed E-state index contributed by atoms with van der Waals surface area (Å²) in [7, 11) is 0. The smallest absolute Gasteiger partial charge is 0.311 e. The molecule has 3 aromatic rings. The van der Waals surface area contributed by atoms with Crippen LogP contribution in [-0.4, -0.2) is 33.7 Å². The number of hydrogen-bond donors (Lipinski definition) is 2. The third-order valence-electron chi connectivity index (χ3n) is 10.3. The maximum absolute atomic E-state index is 14.9. The van der Waals surface area contributed by atoms with Crippen LogP contribution < -0.4 is 14.9 Å². The zero-order chi connectivity index (χ0) is 41.6. The number of ketones is 2. The lowest BCUT2D eigenvalue weighted by Gasteiger charge is -2.19. The zero-order valence-electron chi connectivity index (χ0n) is 34.9. The highest BCUT2D eigenvalue weighted by atomic mass is 16.5. The minimum absolute atomic E-state index is 0.000931. The van der Waals surface area contributed by atoms with Crippen molar-refractivity contribution in [2.75, 3.05) is 0 Å². The molecule has 1 heterocycles. The largest absolute Gasteiger partial charge is 0.508 e. The molecule has 0 aliphatic rings. The second kappa shape index (κ2) is 25.7. The fourth-order valence-corrected chi connectivity index (χ4v) is 6.99. The first-order valence-corrected chi connectivity index (χ1v) is 21.8. The van der Waals surface area contributed by atoms with E-state index in [4.69, 9.17) is 13.9 Å². The summed E-state index contributed by atoms with van der Waals surface area (Å²) in [6, 6.07) is 5.67. The van der Waals surface area contributed by atoms with Crippen LogP contribution in [0.15, 0.2) is 33.5 Å². The number of carbonyl (C=O) groups is 4. The number of benzene rings is 2. The molecule has 0 amide bonds. The summed E-state index contributed by atoms with van der Waals surface area (Å²) in [5.41, 5.74) is -1.85. The average molecular weight is 791 g/mol. The molecule has 10 nitrogen and oxygen atoms in total. The molecule has 0 fully saturated rings. The summed E-state index contributed by atoms with van der Waals surface area (Å²) in [6.07, 6.45) is 16.9. The van der Waals surface area contributed by atoms with Crippen LogP contribution in [0, 0.1) is 0 Å². The van der Waals surface area contributed by atoms with E-state index in [1.165, 1.54) is 24.3 Å².